The predicted octanol–water partition coefficient (Wildman–Crippen LogP) is 1.36. The van der Waals surface area contributed by atoms with Crippen LogP contribution in [0.25, 0.3) is 0 Å². The van der Waals surface area contributed by atoms with Crippen LogP contribution in [0.4, 0.5) is 10.5 Å². The number of amides is 2. The first-order valence-electron chi connectivity index (χ1n) is 5.72. The second kappa shape index (κ2) is 5.08. The summed E-state index contributed by atoms with van der Waals surface area (Å²) in [5.41, 5.74) is 6.11. The largest absolute Gasteiger partial charge is 0.399 e. The van der Waals surface area contributed by atoms with Crippen molar-refractivity contribution in [1.82, 2.24) is 10.0 Å². The van der Waals surface area contributed by atoms with Crippen molar-refractivity contribution in [1.29, 1.82) is 0 Å². The topological polar surface area (TPSA) is 101 Å². The van der Waals surface area contributed by atoms with E-state index in [0.717, 1.165) is 0 Å². The third-order valence-corrected chi connectivity index (χ3v) is 3.41. The molecule has 0 aliphatic carbocycles. The van der Waals surface area contributed by atoms with E-state index in [0.29, 0.717) is 11.3 Å². The summed E-state index contributed by atoms with van der Waals surface area (Å²) in [4.78, 5) is 11.6. The molecule has 1 aromatic rings. The molecule has 106 valence electrons. The zero-order valence-corrected chi connectivity index (χ0v) is 12.3. The molecular weight excluding hydrogens is 266 g/mol. The first-order chi connectivity index (χ1) is 8.49. The van der Waals surface area contributed by atoms with E-state index < -0.39 is 21.6 Å². The average Bonchev–Trinajstić information content (AvgIpc) is 2.11. The predicted molar refractivity (Wildman–Crippen MR) is 74.2 cm³/mol. The summed E-state index contributed by atoms with van der Waals surface area (Å²) in [6.07, 6.45) is 0. The van der Waals surface area contributed by atoms with Gasteiger partial charge in [-0.3, -0.25) is 0 Å². The van der Waals surface area contributed by atoms with Gasteiger partial charge in [0.2, 0.25) is 0 Å². The Morgan fingerprint density at radius 2 is 1.79 bits per heavy atom. The van der Waals surface area contributed by atoms with E-state index in [1.54, 1.807) is 33.8 Å². The Hall–Kier alpha value is -1.76. The number of urea groups is 1. The van der Waals surface area contributed by atoms with E-state index in [-0.39, 0.29) is 4.90 Å². The number of carbonyl (C=O) groups excluding carboxylic acids is 1. The second-order valence-electron chi connectivity index (χ2n) is 5.39. The van der Waals surface area contributed by atoms with Crippen LogP contribution >= 0.6 is 0 Å². The molecule has 4 N–H and O–H groups in total. The molecule has 1 rings (SSSR count). The van der Waals surface area contributed by atoms with Gasteiger partial charge in [0, 0.05) is 11.2 Å². The lowest BCUT2D eigenvalue weighted by atomic mass is 10.1. The Bertz CT molecular complexity index is 568. The summed E-state index contributed by atoms with van der Waals surface area (Å²) in [5.74, 6) is 0. The Labute approximate surface area is 113 Å². The van der Waals surface area contributed by atoms with Gasteiger partial charge in [-0.25, -0.2) is 17.9 Å². The molecule has 0 aliphatic heterocycles. The summed E-state index contributed by atoms with van der Waals surface area (Å²) in [6, 6.07) is 3.63. The Morgan fingerprint density at radius 3 is 2.26 bits per heavy atom. The molecule has 0 radical (unpaired) electrons. The van der Waals surface area contributed by atoms with Crippen LogP contribution in [0.5, 0.6) is 0 Å². The molecule has 0 aliphatic rings. The van der Waals surface area contributed by atoms with Crippen molar-refractivity contribution in [3.8, 4) is 0 Å². The van der Waals surface area contributed by atoms with Gasteiger partial charge in [0.1, 0.15) is 0 Å². The third-order valence-electron chi connectivity index (χ3n) is 2.10. The Balaban J connectivity index is 2.96. The highest BCUT2D eigenvalue weighted by Crippen LogP contribution is 2.16. The zero-order valence-electron chi connectivity index (χ0n) is 11.4. The van der Waals surface area contributed by atoms with Crippen LogP contribution in [-0.2, 0) is 10.0 Å². The molecule has 0 bridgehead atoms. The van der Waals surface area contributed by atoms with Crippen LogP contribution in [0.2, 0.25) is 0 Å². The molecule has 1 aromatic carbocycles. The molecule has 19 heavy (non-hydrogen) atoms. The lowest BCUT2D eigenvalue weighted by molar-refractivity contribution is 0.237. The highest BCUT2D eigenvalue weighted by atomic mass is 32.2. The van der Waals surface area contributed by atoms with Crippen LogP contribution in [0, 0.1) is 6.92 Å². The molecule has 7 heteroatoms. The lowest BCUT2D eigenvalue weighted by Crippen LogP contribution is -2.48. The highest BCUT2D eigenvalue weighted by molar-refractivity contribution is 7.90. The minimum absolute atomic E-state index is 0.0333. The number of nitrogens with one attached hydrogen (secondary N) is 2. The first kappa shape index (κ1) is 15.3. The van der Waals surface area contributed by atoms with Crippen LogP contribution in [0.1, 0.15) is 26.3 Å². The van der Waals surface area contributed by atoms with E-state index in [9.17, 15) is 13.2 Å². The van der Waals surface area contributed by atoms with Crippen LogP contribution < -0.4 is 15.8 Å². The molecule has 0 saturated carbocycles. The van der Waals surface area contributed by atoms with Crippen molar-refractivity contribution in [3.63, 3.8) is 0 Å². The van der Waals surface area contributed by atoms with E-state index in [1.807, 2.05) is 4.72 Å². The highest BCUT2D eigenvalue weighted by Gasteiger charge is 2.21. The van der Waals surface area contributed by atoms with Gasteiger partial charge < -0.3 is 11.1 Å². The quantitative estimate of drug-likeness (QED) is 0.714. The Morgan fingerprint density at radius 1 is 1.21 bits per heavy atom. The number of rotatable bonds is 2. The number of benzene rings is 1. The number of nitrogens with two attached hydrogens (primary N) is 1. The van der Waals surface area contributed by atoms with Gasteiger partial charge >= 0.3 is 6.03 Å². The van der Waals surface area contributed by atoms with Crippen LogP contribution in [-0.4, -0.2) is 20.0 Å². The monoisotopic (exact) mass is 285 g/mol. The minimum atomic E-state index is -3.92. The minimum Gasteiger partial charge on any atom is -0.399 e. The number of carbonyl (C=O) groups is 1. The van der Waals surface area contributed by atoms with E-state index in [1.165, 1.54) is 12.1 Å². The van der Waals surface area contributed by atoms with E-state index >= 15 is 0 Å². The SMILES string of the molecule is Cc1cc(N)cc(S(=O)(=O)NC(=O)NC(C)(C)C)c1. The molecular formula is C12H19N3O3S. The molecule has 0 unspecified atom stereocenters. The molecule has 6 nitrogen and oxygen atoms in total. The third kappa shape index (κ3) is 4.78. The standard InChI is InChI=1S/C12H19N3O3S/c1-8-5-9(13)7-10(6-8)19(17,18)15-11(16)14-12(2,3)4/h5-7H,13H2,1-4H3,(H2,14,15,16). The first-order valence-corrected chi connectivity index (χ1v) is 7.20. The van der Waals surface area contributed by atoms with E-state index in [2.05, 4.69) is 5.32 Å². The van der Waals surface area contributed by atoms with Gasteiger partial charge in [-0.2, -0.15) is 0 Å². The lowest BCUT2D eigenvalue weighted by Gasteiger charge is -2.20. The number of sulfonamides is 1. The summed E-state index contributed by atoms with van der Waals surface area (Å²) < 4.78 is 26.0. The van der Waals surface area contributed by atoms with Crippen LogP contribution in [0.15, 0.2) is 23.1 Å². The second-order valence-corrected chi connectivity index (χ2v) is 7.07. The summed E-state index contributed by atoms with van der Waals surface area (Å²) >= 11 is 0. The summed E-state index contributed by atoms with van der Waals surface area (Å²) in [6.45, 7) is 6.99. The average molecular weight is 285 g/mol. The fraction of sp³-hybridized carbons (Fsp3) is 0.417. The number of aryl methyl sites for hydroxylation is 1. The van der Waals surface area contributed by atoms with Crippen LogP contribution in [0.3, 0.4) is 0 Å². The maximum Gasteiger partial charge on any atom is 0.329 e. The fourth-order valence-electron chi connectivity index (χ4n) is 1.48. The van der Waals surface area contributed by atoms with Crippen molar-refractivity contribution >= 4 is 21.7 Å². The molecule has 0 spiro atoms. The van der Waals surface area contributed by atoms with Gasteiger partial charge in [0.15, 0.2) is 0 Å². The fourth-order valence-corrected chi connectivity index (χ4v) is 2.52. The normalized spacial score (nSPS) is 12.0. The van der Waals surface area contributed by atoms with Gasteiger partial charge in [0.05, 0.1) is 4.90 Å². The number of hydrogen-bond donors (Lipinski definition) is 3. The summed E-state index contributed by atoms with van der Waals surface area (Å²) in [7, 11) is -3.92. The van der Waals surface area contributed by atoms with Crippen molar-refractivity contribution in [3.05, 3.63) is 23.8 Å². The van der Waals surface area contributed by atoms with Gasteiger partial charge in [0.25, 0.3) is 10.0 Å². The van der Waals surface area contributed by atoms with Crippen molar-refractivity contribution in [2.75, 3.05) is 5.73 Å². The molecule has 0 fully saturated rings. The van der Waals surface area contributed by atoms with Gasteiger partial charge in [-0.15, -0.1) is 0 Å². The number of hydrogen-bond acceptors (Lipinski definition) is 4. The molecule has 0 saturated heterocycles. The molecule has 0 aromatic heterocycles. The van der Waals surface area contributed by atoms with Crippen molar-refractivity contribution in [2.45, 2.75) is 38.1 Å². The maximum atomic E-state index is 12.0. The van der Waals surface area contributed by atoms with Crippen molar-refractivity contribution < 1.29 is 13.2 Å². The molecule has 2 amide bonds. The van der Waals surface area contributed by atoms with E-state index in [4.69, 9.17) is 5.73 Å². The van der Waals surface area contributed by atoms with Gasteiger partial charge in [-0.05, 0) is 51.5 Å². The number of anilines is 1. The zero-order chi connectivity index (χ0) is 14.8. The smallest absolute Gasteiger partial charge is 0.329 e. The van der Waals surface area contributed by atoms with Gasteiger partial charge in [-0.1, -0.05) is 0 Å². The maximum absolute atomic E-state index is 12.0. The molecule has 0 atom stereocenters. The Kier molecular flexibility index (Phi) is 4.09. The summed E-state index contributed by atoms with van der Waals surface area (Å²) in [5, 5.41) is 2.51. The van der Waals surface area contributed by atoms with Crippen molar-refractivity contribution in [2.24, 2.45) is 0 Å². The molecule has 0 heterocycles. The number of nitrogen functional groups attached to an aromatic ring is 1.